The van der Waals surface area contributed by atoms with Gasteiger partial charge in [0.2, 0.25) is 0 Å². The van der Waals surface area contributed by atoms with Crippen molar-refractivity contribution in [2.45, 2.75) is 20.8 Å². The number of hydrogen-bond donors (Lipinski definition) is 2. The second kappa shape index (κ2) is 6.71. The molecular weight excluding hydrogens is 300 g/mol. The van der Waals surface area contributed by atoms with Crippen LogP contribution in [-0.2, 0) is 0 Å². The smallest absolute Gasteiger partial charge is 0.323 e. The van der Waals surface area contributed by atoms with Crippen LogP contribution < -0.4 is 15.4 Å². The van der Waals surface area contributed by atoms with Gasteiger partial charge in [0.1, 0.15) is 5.75 Å². The number of amides is 2. The normalized spacial score (nSPS) is 10.2. The van der Waals surface area contributed by atoms with Crippen molar-refractivity contribution in [2.75, 3.05) is 17.7 Å². The van der Waals surface area contributed by atoms with E-state index in [0.717, 1.165) is 22.4 Å². The van der Waals surface area contributed by atoms with E-state index in [1.807, 2.05) is 32.9 Å². The summed E-state index contributed by atoms with van der Waals surface area (Å²) in [6, 6.07) is 9.01. The summed E-state index contributed by atoms with van der Waals surface area (Å²) in [7, 11) is 1.54. The minimum absolute atomic E-state index is 0.329. The Balaban J connectivity index is 2.17. The van der Waals surface area contributed by atoms with Gasteiger partial charge in [-0.05, 0) is 55.7 Å². The van der Waals surface area contributed by atoms with E-state index in [-0.39, 0.29) is 6.03 Å². The maximum atomic E-state index is 12.2. The van der Waals surface area contributed by atoms with Crippen LogP contribution in [0.1, 0.15) is 16.7 Å². The van der Waals surface area contributed by atoms with Crippen LogP contribution in [0.5, 0.6) is 5.75 Å². The number of urea groups is 1. The molecule has 0 aliphatic carbocycles. The van der Waals surface area contributed by atoms with Crippen LogP contribution in [-0.4, -0.2) is 13.1 Å². The van der Waals surface area contributed by atoms with Gasteiger partial charge in [0.15, 0.2) is 0 Å². The molecule has 2 N–H and O–H groups in total. The number of halogens is 1. The van der Waals surface area contributed by atoms with Crippen molar-refractivity contribution in [3.63, 3.8) is 0 Å². The Kier molecular flexibility index (Phi) is 4.93. The van der Waals surface area contributed by atoms with Crippen molar-refractivity contribution >= 4 is 29.0 Å². The van der Waals surface area contributed by atoms with Crippen LogP contribution in [0, 0.1) is 20.8 Å². The molecule has 0 saturated carbocycles. The molecule has 2 amide bonds. The summed E-state index contributed by atoms with van der Waals surface area (Å²) in [5.74, 6) is 0.520. The molecule has 116 valence electrons. The Labute approximate surface area is 135 Å². The lowest BCUT2D eigenvalue weighted by Crippen LogP contribution is -2.20. The van der Waals surface area contributed by atoms with E-state index in [4.69, 9.17) is 16.3 Å². The van der Waals surface area contributed by atoms with Gasteiger partial charge in [-0.25, -0.2) is 4.79 Å². The lowest BCUT2D eigenvalue weighted by molar-refractivity contribution is 0.262. The number of carbonyl (C=O) groups is 1. The fourth-order valence-electron chi connectivity index (χ4n) is 2.26. The Hall–Kier alpha value is -2.20. The first-order valence-corrected chi connectivity index (χ1v) is 7.27. The van der Waals surface area contributed by atoms with Gasteiger partial charge in [-0.3, -0.25) is 0 Å². The van der Waals surface area contributed by atoms with E-state index < -0.39 is 0 Å². The topological polar surface area (TPSA) is 50.4 Å². The van der Waals surface area contributed by atoms with Crippen LogP contribution in [0.2, 0.25) is 5.02 Å². The van der Waals surface area contributed by atoms with Crippen LogP contribution >= 0.6 is 11.6 Å². The molecule has 0 aliphatic rings. The maximum Gasteiger partial charge on any atom is 0.323 e. The van der Waals surface area contributed by atoms with E-state index in [0.29, 0.717) is 16.5 Å². The molecule has 2 rings (SSSR count). The summed E-state index contributed by atoms with van der Waals surface area (Å²) in [4.78, 5) is 12.2. The van der Waals surface area contributed by atoms with Gasteiger partial charge >= 0.3 is 6.03 Å². The van der Waals surface area contributed by atoms with Gasteiger partial charge in [0, 0.05) is 16.8 Å². The molecule has 2 aromatic rings. The number of ether oxygens (including phenoxy) is 1. The first-order chi connectivity index (χ1) is 10.4. The van der Waals surface area contributed by atoms with Crippen molar-refractivity contribution in [3.8, 4) is 5.75 Å². The average molecular weight is 319 g/mol. The molecule has 2 aromatic carbocycles. The van der Waals surface area contributed by atoms with Crippen molar-refractivity contribution in [1.82, 2.24) is 0 Å². The monoisotopic (exact) mass is 318 g/mol. The minimum atomic E-state index is -0.329. The van der Waals surface area contributed by atoms with Crippen LogP contribution in [0.25, 0.3) is 0 Å². The maximum absolute atomic E-state index is 12.2. The number of anilines is 2. The molecule has 0 radical (unpaired) electrons. The molecule has 0 atom stereocenters. The highest BCUT2D eigenvalue weighted by Crippen LogP contribution is 2.31. The van der Waals surface area contributed by atoms with Gasteiger partial charge < -0.3 is 15.4 Å². The van der Waals surface area contributed by atoms with Crippen molar-refractivity contribution in [3.05, 3.63) is 52.0 Å². The lowest BCUT2D eigenvalue weighted by atomic mass is 10.1. The standard InChI is InChI=1S/C17H19ClN2O2/c1-10-5-11(2)7-13(6-10)19-17(21)20-15-8-12(3)14(18)9-16(15)22-4/h5-9H,1-4H3,(H2,19,20,21). The van der Waals surface area contributed by atoms with Gasteiger partial charge in [0.25, 0.3) is 0 Å². The van der Waals surface area contributed by atoms with Gasteiger partial charge in [-0.15, -0.1) is 0 Å². The summed E-state index contributed by atoms with van der Waals surface area (Å²) < 4.78 is 5.24. The molecule has 0 aliphatic heterocycles. The first kappa shape index (κ1) is 16.2. The average Bonchev–Trinajstić information content (AvgIpc) is 2.41. The highest BCUT2D eigenvalue weighted by atomic mass is 35.5. The highest BCUT2D eigenvalue weighted by Gasteiger charge is 2.10. The second-order valence-electron chi connectivity index (χ2n) is 5.26. The van der Waals surface area contributed by atoms with Crippen LogP contribution in [0.3, 0.4) is 0 Å². The summed E-state index contributed by atoms with van der Waals surface area (Å²) in [5.41, 5.74) is 4.38. The molecule has 0 spiro atoms. The number of methoxy groups -OCH3 is 1. The predicted molar refractivity (Wildman–Crippen MR) is 91.3 cm³/mol. The third-order valence-corrected chi connectivity index (χ3v) is 3.62. The molecule has 5 heteroatoms. The SMILES string of the molecule is COc1cc(Cl)c(C)cc1NC(=O)Nc1cc(C)cc(C)c1. The van der Waals surface area contributed by atoms with Crippen molar-refractivity contribution < 1.29 is 9.53 Å². The number of benzene rings is 2. The van der Waals surface area contributed by atoms with Crippen LogP contribution in [0.15, 0.2) is 30.3 Å². The largest absolute Gasteiger partial charge is 0.495 e. The molecule has 0 fully saturated rings. The van der Waals surface area contributed by atoms with E-state index >= 15 is 0 Å². The summed E-state index contributed by atoms with van der Waals surface area (Å²) in [5, 5.41) is 6.20. The minimum Gasteiger partial charge on any atom is -0.495 e. The molecule has 0 unspecified atom stereocenters. The zero-order valence-electron chi connectivity index (χ0n) is 13.1. The fraction of sp³-hybridized carbons (Fsp3) is 0.235. The van der Waals surface area contributed by atoms with Crippen molar-refractivity contribution in [1.29, 1.82) is 0 Å². The number of hydrogen-bond acceptors (Lipinski definition) is 2. The highest BCUT2D eigenvalue weighted by molar-refractivity contribution is 6.31. The van der Waals surface area contributed by atoms with Crippen LogP contribution in [0.4, 0.5) is 16.2 Å². The summed E-state index contributed by atoms with van der Waals surface area (Å²) in [6.45, 7) is 5.85. The number of rotatable bonds is 3. The fourth-order valence-corrected chi connectivity index (χ4v) is 2.41. The molecular formula is C17H19ClN2O2. The molecule has 0 bridgehead atoms. The van der Waals surface area contributed by atoms with E-state index in [2.05, 4.69) is 16.7 Å². The lowest BCUT2D eigenvalue weighted by Gasteiger charge is -2.13. The Bertz CT molecular complexity index is 694. The van der Waals surface area contributed by atoms with Gasteiger partial charge in [-0.1, -0.05) is 17.7 Å². The van der Waals surface area contributed by atoms with Gasteiger partial charge in [-0.2, -0.15) is 0 Å². The first-order valence-electron chi connectivity index (χ1n) is 6.89. The van der Waals surface area contributed by atoms with E-state index in [9.17, 15) is 4.79 Å². The molecule has 4 nitrogen and oxygen atoms in total. The third-order valence-electron chi connectivity index (χ3n) is 3.21. The number of carbonyl (C=O) groups excluding carboxylic acids is 1. The van der Waals surface area contributed by atoms with E-state index in [1.165, 1.54) is 7.11 Å². The summed E-state index contributed by atoms with van der Waals surface area (Å²) in [6.07, 6.45) is 0. The quantitative estimate of drug-likeness (QED) is 0.844. The second-order valence-corrected chi connectivity index (χ2v) is 5.66. The van der Waals surface area contributed by atoms with Gasteiger partial charge in [0.05, 0.1) is 12.8 Å². The Morgan fingerprint density at radius 2 is 1.64 bits per heavy atom. The van der Waals surface area contributed by atoms with E-state index in [1.54, 1.807) is 12.1 Å². The van der Waals surface area contributed by atoms with Crippen molar-refractivity contribution in [2.24, 2.45) is 0 Å². The number of nitrogens with one attached hydrogen (secondary N) is 2. The Morgan fingerprint density at radius 3 is 2.23 bits per heavy atom. The molecule has 0 aromatic heterocycles. The third kappa shape index (κ3) is 3.92. The Morgan fingerprint density at radius 1 is 1.00 bits per heavy atom. The zero-order chi connectivity index (χ0) is 16.3. The molecule has 0 heterocycles. The summed E-state index contributed by atoms with van der Waals surface area (Å²) >= 11 is 6.06. The number of aryl methyl sites for hydroxylation is 3. The molecule has 22 heavy (non-hydrogen) atoms. The predicted octanol–water partition coefficient (Wildman–Crippen LogP) is 4.92. The zero-order valence-corrected chi connectivity index (χ0v) is 13.8. The molecule has 0 saturated heterocycles.